The summed E-state index contributed by atoms with van der Waals surface area (Å²) in [4.78, 5) is 52.0. The van der Waals surface area contributed by atoms with E-state index >= 15 is 0 Å². The number of ether oxygens (including phenoxy) is 4. The van der Waals surface area contributed by atoms with E-state index < -0.39 is 35.2 Å². The van der Waals surface area contributed by atoms with Gasteiger partial charge < -0.3 is 18.9 Å². The molecule has 0 saturated carbocycles. The Balaban J connectivity index is 3.00. The zero-order valence-corrected chi connectivity index (χ0v) is 19.2. The Morgan fingerprint density at radius 3 is 1.65 bits per heavy atom. The Bertz CT molecular complexity index is 1090. The summed E-state index contributed by atoms with van der Waals surface area (Å²) in [7, 11) is 4.23. The first kappa shape index (κ1) is 25.9. The largest absolute Gasteiger partial charge is 0.468 e. The van der Waals surface area contributed by atoms with E-state index in [2.05, 4.69) is 11.8 Å². The normalized spacial score (nSPS) is 11.0. The second-order valence-electron chi connectivity index (χ2n) is 6.84. The molecule has 8 heteroatoms. The SMILES string of the molecule is COC(=O)C(C(=O)OC)/C(=C\c1ccccc1)C(C#Cc1ccccc1)(C(=O)OC)C(=O)OC. The van der Waals surface area contributed by atoms with Gasteiger partial charge in [-0.1, -0.05) is 66.4 Å². The van der Waals surface area contributed by atoms with Gasteiger partial charge in [0.1, 0.15) is 0 Å². The van der Waals surface area contributed by atoms with Crippen molar-refractivity contribution in [1.29, 1.82) is 0 Å². The molecule has 34 heavy (non-hydrogen) atoms. The zero-order valence-electron chi connectivity index (χ0n) is 19.2. The molecule has 0 spiro atoms. The third-order valence-corrected chi connectivity index (χ3v) is 4.89. The monoisotopic (exact) mass is 464 g/mol. The summed E-state index contributed by atoms with van der Waals surface area (Å²) in [6.07, 6.45) is 1.33. The molecule has 0 saturated heterocycles. The van der Waals surface area contributed by atoms with Gasteiger partial charge in [0.2, 0.25) is 5.41 Å². The van der Waals surface area contributed by atoms with Gasteiger partial charge in [0, 0.05) is 5.56 Å². The van der Waals surface area contributed by atoms with Crippen LogP contribution in [0, 0.1) is 23.2 Å². The molecule has 2 rings (SSSR count). The molecular weight excluding hydrogens is 440 g/mol. The average molecular weight is 464 g/mol. The van der Waals surface area contributed by atoms with Crippen LogP contribution in [0.25, 0.3) is 6.08 Å². The van der Waals surface area contributed by atoms with Crippen molar-refractivity contribution in [2.24, 2.45) is 11.3 Å². The molecule has 0 amide bonds. The first-order valence-electron chi connectivity index (χ1n) is 10.0. The minimum Gasteiger partial charge on any atom is -0.468 e. The van der Waals surface area contributed by atoms with Crippen LogP contribution in [0.15, 0.2) is 66.2 Å². The highest BCUT2D eigenvalue weighted by Gasteiger charge is 2.56. The molecule has 2 aromatic rings. The maximum Gasteiger partial charge on any atom is 0.340 e. The van der Waals surface area contributed by atoms with Crippen molar-refractivity contribution in [3.63, 3.8) is 0 Å². The Hall–Kier alpha value is -4.38. The van der Waals surface area contributed by atoms with Crippen LogP contribution in [0.2, 0.25) is 0 Å². The lowest BCUT2D eigenvalue weighted by atomic mass is 9.73. The molecule has 0 aliphatic carbocycles. The summed E-state index contributed by atoms with van der Waals surface area (Å²) in [6.45, 7) is 0. The summed E-state index contributed by atoms with van der Waals surface area (Å²) in [6, 6.07) is 17.0. The molecule has 0 atom stereocenters. The van der Waals surface area contributed by atoms with Crippen LogP contribution >= 0.6 is 0 Å². The van der Waals surface area contributed by atoms with E-state index in [1.807, 2.05) is 0 Å². The quantitative estimate of drug-likeness (QED) is 0.266. The molecule has 0 radical (unpaired) electrons. The van der Waals surface area contributed by atoms with Crippen LogP contribution in [-0.4, -0.2) is 52.3 Å². The molecule has 2 aromatic carbocycles. The van der Waals surface area contributed by atoms with Gasteiger partial charge in [0.05, 0.1) is 28.4 Å². The molecule has 0 unspecified atom stereocenters. The van der Waals surface area contributed by atoms with Gasteiger partial charge in [-0.05, 0) is 23.3 Å². The maximum absolute atomic E-state index is 13.2. The predicted molar refractivity (Wildman–Crippen MR) is 122 cm³/mol. The summed E-state index contributed by atoms with van der Waals surface area (Å²) in [5.74, 6) is -0.865. The third kappa shape index (κ3) is 5.51. The highest BCUT2D eigenvalue weighted by molar-refractivity contribution is 6.12. The van der Waals surface area contributed by atoms with E-state index in [0.29, 0.717) is 11.1 Å². The topological polar surface area (TPSA) is 105 Å². The fourth-order valence-corrected chi connectivity index (χ4v) is 3.21. The van der Waals surface area contributed by atoms with Gasteiger partial charge in [-0.2, -0.15) is 0 Å². The number of carbonyl (C=O) groups is 4. The third-order valence-electron chi connectivity index (χ3n) is 4.89. The number of hydrogen-bond acceptors (Lipinski definition) is 8. The van der Waals surface area contributed by atoms with E-state index in [1.54, 1.807) is 60.7 Å². The molecule has 0 heterocycles. The van der Waals surface area contributed by atoms with Crippen molar-refractivity contribution >= 4 is 30.0 Å². The highest BCUT2D eigenvalue weighted by Crippen LogP contribution is 2.38. The summed E-state index contributed by atoms with van der Waals surface area (Å²) in [5.41, 5.74) is -1.90. The summed E-state index contributed by atoms with van der Waals surface area (Å²) >= 11 is 0. The van der Waals surface area contributed by atoms with E-state index in [0.717, 1.165) is 28.4 Å². The minimum absolute atomic E-state index is 0.334. The molecule has 8 nitrogen and oxygen atoms in total. The number of benzene rings is 2. The number of methoxy groups -OCH3 is 4. The van der Waals surface area contributed by atoms with E-state index in [9.17, 15) is 19.2 Å². The lowest BCUT2D eigenvalue weighted by Gasteiger charge is -2.29. The zero-order chi connectivity index (χ0) is 25.1. The van der Waals surface area contributed by atoms with Crippen LogP contribution in [0.3, 0.4) is 0 Å². The van der Waals surface area contributed by atoms with Crippen molar-refractivity contribution in [2.45, 2.75) is 0 Å². The molecule has 0 fully saturated rings. The second-order valence-corrected chi connectivity index (χ2v) is 6.84. The van der Waals surface area contributed by atoms with Crippen LogP contribution in [0.1, 0.15) is 11.1 Å². The number of hydrogen-bond donors (Lipinski definition) is 0. The highest BCUT2D eigenvalue weighted by atomic mass is 16.6. The number of rotatable bonds is 7. The first-order valence-corrected chi connectivity index (χ1v) is 10.0. The lowest BCUT2D eigenvalue weighted by Crippen LogP contribution is -2.47. The average Bonchev–Trinajstić information content (AvgIpc) is 2.89. The van der Waals surface area contributed by atoms with Gasteiger partial charge >= 0.3 is 23.9 Å². The van der Waals surface area contributed by atoms with E-state index in [1.165, 1.54) is 6.08 Å². The fraction of sp³-hybridized carbons (Fsp3) is 0.231. The van der Waals surface area contributed by atoms with Crippen LogP contribution in [0.5, 0.6) is 0 Å². The van der Waals surface area contributed by atoms with Gasteiger partial charge in [-0.3, -0.25) is 9.59 Å². The van der Waals surface area contributed by atoms with Crippen molar-refractivity contribution in [2.75, 3.05) is 28.4 Å². The fourth-order valence-electron chi connectivity index (χ4n) is 3.21. The van der Waals surface area contributed by atoms with Crippen molar-refractivity contribution < 1.29 is 38.1 Å². The van der Waals surface area contributed by atoms with E-state index in [-0.39, 0.29) is 5.57 Å². The van der Waals surface area contributed by atoms with E-state index in [4.69, 9.17) is 18.9 Å². The molecule has 0 aliphatic heterocycles. The first-order chi connectivity index (χ1) is 16.3. The number of esters is 4. The van der Waals surface area contributed by atoms with Crippen LogP contribution in [-0.2, 0) is 38.1 Å². The maximum atomic E-state index is 13.2. The Morgan fingerprint density at radius 1 is 0.735 bits per heavy atom. The molecule has 176 valence electrons. The Labute approximate surface area is 197 Å². The predicted octanol–water partition coefficient (Wildman–Crippen LogP) is 2.42. The van der Waals surface area contributed by atoms with Gasteiger partial charge in [0.15, 0.2) is 5.92 Å². The molecule has 0 N–H and O–H groups in total. The molecule has 0 bridgehead atoms. The Morgan fingerprint density at radius 2 is 1.21 bits per heavy atom. The standard InChI is InChI=1S/C26H24O8/c1-31-22(27)21(23(28)32-2)20(17-19-13-9-6-10-14-19)26(24(29)33-3,25(30)34-4)16-15-18-11-7-5-8-12-18/h5-14,17,21H,1-4H3/b20-17+. The van der Waals surface area contributed by atoms with Crippen LogP contribution in [0.4, 0.5) is 0 Å². The smallest absolute Gasteiger partial charge is 0.340 e. The van der Waals surface area contributed by atoms with Gasteiger partial charge in [-0.15, -0.1) is 0 Å². The molecule has 0 aromatic heterocycles. The van der Waals surface area contributed by atoms with Crippen LogP contribution < -0.4 is 0 Å². The number of carbonyl (C=O) groups excluding carboxylic acids is 4. The molecule has 0 aliphatic rings. The second kappa shape index (κ2) is 12.0. The summed E-state index contributed by atoms with van der Waals surface area (Å²) in [5, 5.41) is 0. The van der Waals surface area contributed by atoms with Crippen molar-refractivity contribution in [3.05, 3.63) is 77.4 Å². The lowest BCUT2D eigenvalue weighted by molar-refractivity contribution is -0.163. The Kier molecular flexibility index (Phi) is 9.15. The van der Waals surface area contributed by atoms with Gasteiger partial charge in [0.25, 0.3) is 0 Å². The van der Waals surface area contributed by atoms with Gasteiger partial charge in [-0.25, -0.2) is 9.59 Å². The minimum atomic E-state index is -2.50. The molecular formula is C26H24O8. The van der Waals surface area contributed by atoms with Crippen molar-refractivity contribution in [1.82, 2.24) is 0 Å². The summed E-state index contributed by atoms with van der Waals surface area (Å²) < 4.78 is 19.5. The van der Waals surface area contributed by atoms with Crippen molar-refractivity contribution in [3.8, 4) is 11.8 Å².